The van der Waals surface area contributed by atoms with Crippen molar-refractivity contribution in [1.29, 1.82) is 0 Å². The maximum atomic E-state index is 12.8. The van der Waals surface area contributed by atoms with Gasteiger partial charge in [0, 0.05) is 19.3 Å². The van der Waals surface area contributed by atoms with Crippen LogP contribution in [0.15, 0.2) is 0 Å². The Bertz CT molecular complexity index is 1020. The predicted octanol–water partition coefficient (Wildman–Crippen LogP) is 19.5. The quantitative estimate of drug-likeness (QED) is 0.0343. The first kappa shape index (κ1) is 64.4. The fraction of sp³-hybridized carbons (Fsp3) is 0.950. The van der Waals surface area contributed by atoms with Crippen LogP contribution in [0.1, 0.15) is 330 Å². The summed E-state index contributed by atoms with van der Waals surface area (Å²) in [5, 5.41) is 0. The Balaban J connectivity index is 4.20. The number of rotatable bonds is 53. The van der Waals surface area contributed by atoms with Crippen molar-refractivity contribution < 1.29 is 28.6 Å². The smallest absolute Gasteiger partial charge is 0.306 e. The van der Waals surface area contributed by atoms with Gasteiger partial charge in [-0.05, 0) is 37.0 Å². The molecule has 0 aliphatic heterocycles. The number of carbonyl (C=O) groups is 3. The normalized spacial score (nSPS) is 12.5. The number of esters is 3. The highest BCUT2D eigenvalue weighted by molar-refractivity contribution is 5.71. The molecule has 6 heteroatoms. The Hall–Kier alpha value is -1.59. The average Bonchev–Trinajstić information content (AvgIpc) is 3.29. The van der Waals surface area contributed by atoms with E-state index in [4.69, 9.17) is 14.2 Å². The van der Waals surface area contributed by atoms with Crippen LogP contribution in [0.2, 0.25) is 0 Å². The SMILES string of the molecule is CCC(C)CCCCCCCCCCCCCCCCCCCCC(=O)OC[C@H](COC(=O)CCCCCCCCCC(C)C)OC(=O)CCCCCCCCCCCCCCCC(C)C. The van der Waals surface area contributed by atoms with Crippen LogP contribution >= 0.6 is 0 Å². The van der Waals surface area contributed by atoms with Crippen LogP contribution in [0.4, 0.5) is 0 Å². The molecule has 6 nitrogen and oxygen atoms in total. The molecule has 0 aliphatic rings. The zero-order valence-corrected chi connectivity index (χ0v) is 45.5. The highest BCUT2D eigenvalue weighted by atomic mass is 16.6. The standard InChI is InChI=1S/C60H116O6/c1-7-56(6)48-42-36-30-24-20-16-12-10-8-9-11-13-17-21-25-31-37-43-49-58(61)64-52-57(53-65-59(62)50-44-38-33-27-29-35-41-47-55(4)5)66-60(63)51-45-39-32-26-22-18-14-15-19-23-28-34-40-46-54(2)3/h54-57H,7-53H2,1-6H3/t56?,57-/m1/s1. The highest BCUT2D eigenvalue weighted by Gasteiger charge is 2.19. The van der Waals surface area contributed by atoms with Gasteiger partial charge in [0.05, 0.1) is 0 Å². The van der Waals surface area contributed by atoms with Gasteiger partial charge in [-0.3, -0.25) is 14.4 Å². The van der Waals surface area contributed by atoms with Gasteiger partial charge in [0.25, 0.3) is 0 Å². The van der Waals surface area contributed by atoms with E-state index >= 15 is 0 Å². The second-order valence-corrected chi connectivity index (χ2v) is 21.8. The third kappa shape index (κ3) is 51.8. The van der Waals surface area contributed by atoms with Crippen molar-refractivity contribution in [2.24, 2.45) is 17.8 Å². The lowest BCUT2D eigenvalue weighted by atomic mass is 9.99. The summed E-state index contributed by atoms with van der Waals surface area (Å²) >= 11 is 0. The second kappa shape index (κ2) is 51.3. The summed E-state index contributed by atoms with van der Waals surface area (Å²) in [4.78, 5) is 38.1. The molecule has 0 rings (SSSR count). The van der Waals surface area contributed by atoms with Gasteiger partial charge >= 0.3 is 17.9 Å². The zero-order valence-electron chi connectivity index (χ0n) is 45.5. The molecule has 0 aromatic heterocycles. The monoisotopic (exact) mass is 933 g/mol. The van der Waals surface area contributed by atoms with E-state index in [0.29, 0.717) is 19.3 Å². The molecule has 0 aromatic carbocycles. The van der Waals surface area contributed by atoms with Crippen LogP contribution < -0.4 is 0 Å². The largest absolute Gasteiger partial charge is 0.462 e. The Morgan fingerprint density at radius 3 is 0.788 bits per heavy atom. The van der Waals surface area contributed by atoms with Crippen molar-refractivity contribution in [1.82, 2.24) is 0 Å². The van der Waals surface area contributed by atoms with Gasteiger partial charge in [-0.25, -0.2) is 0 Å². The third-order valence-electron chi connectivity index (χ3n) is 14.0. The van der Waals surface area contributed by atoms with Crippen LogP contribution in [0.3, 0.4) is 0 Å². The lowest BCUT2D eigenvalue weighted by Gasteiger charge is -2.18. The summed E-state index contributed by atoms with van der Waals surface area (Å²) in [5.74, 6) is 1.68. The first-order valence-electron chi connectivity index (χ1n) is 29.6. The summed E-state index contributed by atoms with van der Waals surface area (Å²) in [6.07, 6.45) is 53.9. The molecular weight excluding hydrogens is 817 g/mol. The summed E-state index contributed by atoms with van der Waals surface area (Å²) in [7, 11) is 0. The van der Waals surface area contributed by atoms with Crippen molar-refractivity contribution in [3.05, 3.63) is 0 Å². The molecule has 0 radical (unpaired) electrons. The maximum absolute atomic E-state index is 12.8. The highest BCUT2D eigenvalue weighted by Crippen LogP contribution is 2.19. The Morgan fingerprint density at radius 1 is 0.303 bits per heavy atom. The molecule has 0 saturated carbocycles. The number of hydrogen-bond acceptors (Lipinski definition) is 6. The number of ether oxygens (including phenoxy) is 3. The molecule has 0 aliphatic carbocycles. The lowest BCUT2D eigenvalue weighted by molar-refractivity contribution is -0.167. The predicted molar refractivity (Wildman–Crippen MR) is 284 cm³/mol. The van der Waals surface area contributed by atoms with Crippen LogP contribution in [0.5, 0.6) is 0 Å². The van der Waals surface area contributed by atoms with Crippen LogP contribution in [0.25, 0.3) is 0 Å². The molecule has 0 fully saturated rings. The number of carbonyl (C=O) groups excluding carboxylic acids is 3. The lowest BCUT2D eigenvalue weighted by Crippen LogP contribution is -2.30. The Morgan fingerprint density at radius 2 is 0.530 bits per heavy atom. The molecule has 0 aromatic rings. The van der Waals surface area contributed by atoms with Crippen molar-refractivity contribution >= 4 is 17.9 Å². The second-order valence-electron chi connectivity index (χ2n) is 21.8. The van der Waals surface area contributed by atoms with E-state index in [-0.39, 0.29) is 31.1 Å². The summed E-state index contributed by atoms with van der Waals surface area (Å²) in [5.41, 5.74) is 0. The fourth-order valence-corrected chi connectivity index (χ4v) is 9.14. The van der Waals surface area contributed by atoms with Crippen LogP contribution in [-0.4, -0.2) is 37.2 Å². The van der Waals surface area contributed by atoms with Gasteiger partial charge in [0.2, 0.25) is 0 Å². The van der Waals surface area contributed by atoms with Crippen molar-refractivity contribution in [3.8, 4) is 0 Å². The van der Waals surface area contributed by atoms with E-state index in [1.165, 1.54) is 212 Å². The van der Waals surface area contributed by atoms with Gasteiger partial charge in [-0.2, -0.15) is 0 Å². The molecule has 0 spiro atoms. The van der Waals surface area contributed by atoms with Crippen molar-refractivity contribution in [2.75, 3.05) is 13.2 Å². The van der Waals surface area contributed by atoms with Crippen LogP contribution in [-0.2, 0) is 28.6 Å². The Labute approximate surface area is 412 Å². The van der Waals surface area contributed by atoms with E-state index in [1.54, 1.807) is 0 Å². The summed E-state index contributed by atoms with van der Waals surface area (Å²) in [6, 6.07) is 0. The van der Waals surface area contributed by atoms with E-state index < -0.39 is 6.10 Å². The zero-order chi connectivity index (χ0) is 48.4. The summed E-state index contributed by atoms with van der Waals surface area (Å²) in [6.45, 7) is 13.8. The minimum absolute atomic E-state index is 0.0640. The van der Waals surface area contributed by atoms with E-state index in [9.17, 15) is 14.4 Å². The summed E-state index contributed by atoms with van der Waals surface area (Å²) < 4.78 is 16.9. The first-order chi connectivity index (χ1) is 32.1. The van der Waals surface area contributed by atoms with Gasteiger partial charge in [-0.15, -0.1) is 0 Å². The topological polar surface area (TPSA) is 78.9 Å². The minimum Gasteiger partial charge on any atom is -0.462 e. The maximum Gasteiger partial charge on any atom is 0.306 e. The molecule has 0 heterocycles. The van der Waals surface area contributed by atoms with Crippen molar-refractivity contribution in [2.45, 2.75) is 337 Å². The van der Waals surface area contributed by atoms with Gasteiger partial charge < -0.3 is 14.2 Å². The first-order valence-corrected chi connectivity index (χ1v) is 29.6. The fourth-order valence-electron chi connectivity index (χ4n) is 9.14. The van der Waals surface area contributed by atoms with E-state index in [2.05, 4.69) is 41.5 Å². The van der Waals surface area contributed by atoms with Crippen LogP contribution in [0, 0.1) is 17.8 Å². The Kier molecular flexibility index (Phi) is 50.0. The third-order valence-corrected chi connectivity index (χ3v) is 14.0. The molecule has 2 atom stereocenters. The molecule has 0 amide bonds. The molecule has 66 heavy (non-hydrogen) atoms. The molecule has 0 saturated heterocycles. The van der Waals surface area contributed by atoms with E-state index in [0.717, 1.165) is 75.5 Å². The molecular formula is C60H116O6. The van der Waals surface area contributed by atoms with Gasteiger partial charge in [-0.1, -0.05) is 292 Å². The number of hydrogen-bond donors (Lipinski definition) is 0. The molecule has 0 bridgehead atoms. The van der Waals surface area contributed by atoms with Crippen molar-refractivity contribution in [3.63, 3.8) is 0 Å². The average molecular weight is 934 g/mol. The van der Waals surface area contributed by atoms with Gasteiger partial charge in [0.1, 0.15) is 13.2 Å². The number of unbranched alkanes of at least 4 members (excludes halogenated alkanes) is 35. The molecule has 0 N–H and O–H groups in total. The molecule has 1 unspecified atom stereocenters. The van der Waals surface area contributed by atoms with Gasteiger partial charge in [0.15, 0.2) is 6.10 Å². The molecule has 392 valence electrons. The van der Waals surface area contributed by atoms with E-state index in [1.807, 2.05) is 0 Å². The minimum atomic E-state index is -0.764.